The van der Waals surface area contributed by atoms with Crippen LogP contribution in [0.3, 0.4) is 0 Å². The van der Waals surface area contributed by atoms with Crippen LogP contribution in [0.15, 0.2) is 53.9 Å². The predicted molar refractivity (Wildman–Crippen MR) is 85.9 cm³/mol. The van der Waals surface area contributed by atoms with Crippen molar-refractivity contribution < 1.29 is 8.42 Å². The molecule has 7 nitrogen and oxygen atoms in total. The third kappa shape index (κ3) is 3.21. The summed E-state index contributed by atoms with van der Waals surface area (Å²) in [6.45, 7) is 3.73. The van der Waals surface area contributed by atoms with Crippen LogP contribution in [0.2, 0.25) is 0 Å². The van der Waals surface area contributed by atoms with Crippen molar-refractivity contribution >= 4 is 15.8 Å². The summed E-state index contributed by atoms with van der Waals surface area (Å²) in [4.78, 5) is 12.4. The minimum atomic E-state index is -3.69. The lowest BCUT2D eigenvalue weighted by Crippen LogP contribution is -2.14. The zero-order valence-corrected chi connectivity index (χ0v) is 13.4. The lowest BCUT2D eigenvalue weighted by Gasteiger charge is -2.09. The fourth-order valence-corrected chi connectivity index (χ4v) is 3.07. The zero-order chi connectivity index (χ0) is 16.4. The van der Waals surface area contributed by atoms with E-state index in [1.165, 1.54) is 6.33 Å². The summed E-state index contributed by atoms with van der Waals surface area (Å²) in [5, 5.41) is 0. The molecule has 0 atom stereocenters. The molecule has 0 fully saturated rings. The first-order valence-electron chi connectivity index (χ1n) is 6.87. The summed E-state index contributed by atoms with van der Waals surface area (Å²) in [6, 6.07) is 8.16. The molecule has 23 heavy (non-hydrogen) atoms. The van der Waals surface area contributed by atoms with E-state index in [1.807, 2.05) is 13.8 Å². The first kappa shape index (κ1) is 15.2. The maximum absolute atomic E-state index is 12.4. The van der Waals surface area contributed by atoms with Gasteiger partial charge in [0.05, 0.1) is 4.90 Å². The summed E-state index contributed by atoms with van der Waals surface area (Å²) < 4.78 is 29.0. The molecule has 0 amide bonds. The lowest BCUT2D eigenvalue weighted by atomic mass is 10.2. The van der Waals surface area contributed by atoms with Crippen molar-refractivity contribution in [3.05, 3.63) is 60.4 Å². The highest BCUT2D eigenvalue weighted by molar-refractivity contribution is 7.92. The minimum absolute atomic E-state index is 0.182. The van der Waals surface area contributed by atoms with E-state index < -0.39 is 10.0 Å². The van der Waals surface area contributed by atoms with Crippen molar-refractivity contribution in [3.63, 3.8) is 0 Å². The molecule has 0 spiro atoms. The number of anilines is 1. The monoisotopic (exact) mass is 329 g/mol. The van der Waals surface area contributed by atoms with Crippen LogP contribution < -0.4 is 4.72 Å². The second-order valence-corrected chi connectivity index (χ2v) is 6.71. The van der Waals surface area contributed by atoms with E-state index in [0.29, 0.717) is 5.82 Å². The first-order valence-corrected chi connectivity index (χ1v) is 8.36. The molecule has 1 aromatic carbocycles. The molecule has 118 valence electrons. The van der Waals surface area contributed by atoms with Crippen molar-refractivity contribution in [2.24, 2.45) is 0 Å². The minimum Gasteiger partial charge on any atom is -0.288 e. The fourth-order valence-electron chi connectivity index (χ4n) is 2.07. The van der Waals surface area contributed by atoms with Crippen molar-refractivity contribution in [2.75, 3.05) is 4.72 Å². The van der Waals surface area contributed by atoms with Crippen LogP contribution in [0.5, 0.6) is 0 Å². The number of hydrogen-bond acceptors (Lipinski definition) is 5. The Hall–Kier alpha value is -2.74. The third-order valence-corrected chi connectivity index (χ3v) is 4.67. The molecule has 3 aromatic rings. The normalized spacial score (nSPS) is 11.4. The van der Waals surface area contributed by atoms with Crippen LogP contribution in [0.4, 0.5) is 5.82 Å². The SMILES string of the molecule is Cc1ccc(S(=O)(=O)Nc2cc(-n3ccnc3C)ncn2)cc1. The van der Waals surface area contributed by atoms with Gasteiger partial charge in [-0.2, -0.15) is 0 Å². The molecular formula is C15H15N5O2S. The van der Waals surface area contributed by atoms with E-state index in [0.717, 1.165) is 11.4 Å². The van der Waals surface area contributed by atoms with Gasteiger partial charge in [0.2, 0.25) is 0 Å². The second kappa shape index (κ2) is 5.81. The molecule has 0 unspecified atom stereocenters. The highest BCUT2D eigenvalue weighted by Crippen LogP contribution is 2.16. The standard InChI is InChI=1S/C15H15N5O2S/c1-11-3-5-13(6-4-11)23(21,22)19-14-9-15(18-10-17-14)20-8-7-16-12(20)2/h3-10H,1-2H3,(H,17,18,19). The quantitative estimate of drug-likeness (QED) is 0.791. The number of aryl methyl sites for hydroxylation is 2. The van der Waals surface area contributed by atoms with Gasteiger partial charge in [-0.15, -0.1) is 0 Å². The summed E-state index contributed by atoms with van der Waals surface area (Å²) >= 11 is 0. The van der Waals surface area contributed by atoms with Crippen molar-refractivity contribution in [1.29, 1.82) is 0 Å². The Morgan fingerprint density at radius 1 is 1.04 bits per heavy atom. The number of imidazole rings is 1. The molecule has 0 radical (unpaired) electrons. The van der Waals surface area contributed by atoms with E-state index in [1.54, 1.807) is 47.3 Å². The average Bonchev–Trinajstić information content (AvgIpc) is 2.94. The van der Waals surface area contributed by atoms with E-state index >= 15 is 0 Å². The Balaban J connectivity index is 1.91. The van der Waals surface area contributed by atoms with Crippen LogP contribution >= 0.6 is 0 Å². The Kier molecular flexibility index (Phi) is 3.83. The number of sulfonamides is 1. The number of nitrogens with one attached hydrogen (secondary N) is 1. The molecule has 0 bridgehead atoms. The van der Waals surface area contributed by atoms with Crippen LogP contribution in [-0.2, 0) is 10.0 Å². The van der Waals surface area contributed by atoms with Gasteiger partial charge in [-0.25, -0.2) is 23.4 Å². The highest BCUT2D eigenvalue weighted by Gasteiger charge is 2.15. The molecule has 0 aliphatic heterocycles. The number of rotatable bonds is 4. The summed E-state index contributed by atoms with van der Waals surface area (Å²) in [5.74, 6) is 1.48. The van der Waals surface area contributed by atoms with E-state index in [9.17, 15) is 8.42 Å². The van der Waals surface area contributed by atoms with Crippen LogP contribution in [0.25, 0.3) is 5.82 Å². The second-order valence-electron chi connectivity index (χ2n) is 5.02. The molecule has 8 heteroatoms. The van der Waals surface area contributed by atoms with Gasteiger partial charge in [-0.1, -0.05) is 17.7 Å². The molecule has 0 aliphatic carbocycles. The van der Waals surface area contributed by atoms with Crippen molar-refractivity contribution in [2.45, 2.75) is 18.7 Å². The van der Waals surface area contributed by atoms with Gasteiger partial charge in [0.15, 0.2) is 0 Å². The first-order chi connectivity index (χ1) is 11.0. The largest absolute Gasteiger partial charge is 0.288 e. The Labute approximate surface area is 134 Å². The van der Waals surface area contributed by atoms with Crippen molar-refractivity contribution in [1.82, 2.24) is 19.5 Å². The van der Waals surface area contributed by atoms with Gasteiger partial charge in [-0.05, 0) is 26.0 Å². The number of nitrogens with zero attached hydrogens (tertiary/aromatic N) is 4. The van der Waals surface area contributed by atoms with Gasteiger partial charge >= 0.3 is 0 Å². The number of aromatic nitrogens is 4. The topological polar surface area (TPSA) is 89.8 Å². The molecule has 2 heterocycles. The van der Waals surface area contributed by atoms with Gasteiger partial charge in [0, 0.05) is 18.5 Å². The molecule has 3 rings (SSSR count). The van der Waals surface area contributed by atoms with Gasteiger partial charge in [0.1, 0.15) is 23.8 Å². The molecular weight excluding hydrogens is 314 g/mol. The molecule has 2 aromatic heterocycles. The lowest BCUT2D eigenvalue weighted by molar-refractivity contribution is 0.601. The molecule has 0 saturated carbocycles. The predicted octanol–water partition coefficient (Wildman–Crippen LogP) is 2.08. The smallest absolute Gasteiger partial charge is 0.263 e. The summed E-state index contributed by atoms with van der Waals surface area (Å²) in [7, 11) is -3.69. The average molecular weight is 329 g/mol. The van der Waals surface area contributed by atoms with Gasteiger partial charge in [-0.3, -0.25) is 9.29 Å². The van der Waals surface area contributed by atoms with E-state index in [-0.39, 0.29) is 10.7 Å². The maximum Gasteiger partial charge on any atom is 0.263 e. The molecule has 0 saturated heterocycles. The maximum atomic E-state index is 12.4. The Bertz CT molecular complexity index is 933. The molecule has 0 aliphatic rings. The summed E-state index contributed by atoms with van der Waals surface area (Å²) in [6.07, 6.45) is 4.70. The van der Waals surface area contributed by atoms with Gasteiger partial charge < -0.3 is 0 Å². The van der Waals surface area contributed by atoms with E-state index in [2.05, 4.69) is 19.7 Å². The number of hydrogen-bond donors (Lipinski definition) is 1. The highest BCUT2D eigenvalue weighted by atomic mass is 32.2. The summed E-state index contributed by atoms with van der Waals surface area (Å²) in [5.41, 5.74) is 0.990. The Morgan fingerprint density at radius 2 is 1.78 bits per heavy atom. The Morgan fingerprint density at radius 3 is 2.43 bits per heavy atom. The number of benzene rings is 1. The van der Waals surface area contributed by atoms with Gasteiger partial charge in [0.25, 0.3) is 10.0 Å². The van der Waals surface area contributed by atoms with Crippen LogP contribution in [0.1, 0.15) is 11.4 Å². The van der Waals surface area contributed by atoms with E-state index in [4.69, 9.17) is 0 Å². The van der Waals surface area contributed by atoms with Crippen LogP contribution in [-0.4, -0.2) is 27.9 Å². The van der Waals surface area contributed by atoms with Crippen LogP contribution in [0, 0.1) is 13.8 Å². The van der Waals surface area contributed by atoms with Crippen molar-refractivity contribution in [3.8, 4) is 5.82 Å². The molecule has 1 N–H and O–H groups in total. The zero-order valence-electron chi connectivity index (χ0n) is 12.6. The fraction of sp³-hybridized carbons (Fsp3) is 0.133. The third-order valence-electron chi connectivity index (χ3n) is 3.30.